The molecular formula is C15H21BrN4O2S. The predicted octanol–water partition coefficient (Wildman–Crippen LogP) is 3.89. The molecule has 2 aromatic heterocycles. The molecule has 0 aliphatic rings. The van der Waals surface area contributed by atoms with Gasteiger partial charge in [-0.2, -0.15) is 5.10 Å². The maximum atomic E-state index is 11.7. The zero-order chi connectivity index (χ0) is 16.9. The van der Waals surface area contributed by atoms with Gasteiger partial charge in [-0.1, -0.05) is 15.9 Å². The number of H-pyrrole nitrogens is 1. The van der Waals surface area contributed by atoms with Crippen LogP contribution in [0, 0.1) is 0 Å². The Kier molecular flexibility index (Phi) is 6.17. The SMILES string of the molecule is CC(C)(C)OC(=O)NCc1nc(-c2cn[nH]c2CCCBr)cs1. The highest BCUT2D eigenvalue weighted by molar-refractivity contribution is 9.09. The normalized spacial score (nSPS) is 11.5. The fraction of sp³-hybridized carbons (Fsp3) is 0.533. The molecule has 0 atom stereocenters. The topological polar surface area (TPSA) is 79.9 Å². The van der Waals surface area contributed by atoms with E-state index in [2.05, 4.69) is 36.4 Å². The summed E-state index contributed by atoms with van der Waals surface area (Å²) in [6.07, 6.45) is 3.32. The summed E-state index contributed by atoms with van der Waals surface area (Å²) in [5, 5.41) is 13.6. The van der Waals surface area contributed by atoms with E-state index in [4.69, 9.17) is 4.74 Å². The van der Waals surface area contributed by atoms with Crippen molar-refractivity contribution < 1.29 is 9.53 Å². The van der Waals surface area contributed by atoms with Gasteiger partial charge in [0.1, 0.15) is 10.6 Å². The Hall–Kier alpha value is -1.41. The van der Waals surface area contributed by atoms with Crippen molar-refractivity contribution in [2.75, 3.05) is 5.33 Å². The molecule has 126 valence electrons. The molecule has 0 fully saturated rings. The Labute approximate surface area is 148 Å². The van der Waals surface area contributed by atoms with E-state index in [9.17, 15) is 4.79 Å². The molecule has 2 rings (SSSR count). The van der Waals surface area contributed by atoms with Crippen molar-refractivity contribution in [3.8, 4) is 11.3 Å². The number of carbonyl (C=O) groups is 1. The third-order valence-corrected chi connectivity index (χ3v) is 4.30. The molecule has 0 bridgehead atoms. The van der Waals surface area contributed by atoms with Crippen LogP contribution < -0.4 is 5.32 Å². The standard InChI is InChI=1S/C15H21BrN4O2S/c1-15(2,3)22-14(21)17-8-13-19-12(9-23-13)10-7-18-20-11(10)5-4-6-16/h7,9H,4-6,8H2,1-3H3,(H,17,21)(H,18,20). The molecule has 0 aliphatic carbocycles. The van der Waals surface area contributed by atoms with Gasteiger partial charge in [0.25, 0.3) is 0 Å². The quantitative estimate of drug-likeness (QED) is 0.720. The number of halogens is 1. The van der Waals surface area contributed by atoms with Crippen LogP contribution in [0.1, 0.15) is 37.9 Å². The van der Waals surface area contributed by atoms with Crippen molar-refractivity contribution in [1.29, 1.82) is 0 Å². The molecule has 0 saturated heterocycles. The third-order valence-electron chi connectivity index (χ3n) is 2.89. The van der Waals surface area contributed by atoms with Crippen LogP contribution in [-0.2, 0) is 17.7 Å². The van der Waals surface area contributed by atoms with Gasteiger partial charge >= 0.3 is 6.09 Å². The average Bonchev–Trinajstić information content (AvgIpc) is 3.09. The molecule has 2 N–H and O–H groups in total. The van der Waals surface area contributed by atoms with Crippen molar-refractivity contribution in [2.24, 2.45) is 0 Å². The van der Waals surface area contributed by atoms with E-state index in [0.29, 0.717) is 6.54 Å². The fourth-order valence-corrected chi connectivity index (χ4v) is 2.96. The van der Waals surface area contributed by atoms with Gasteiger partial charge < -0.3 is 10.1 Å². The number of aryl methyl sites for hydroxylation is 1. The van der Waals surface area contributed by atoms with Crippen molar-refractivity contribution in [3.63, 3.8) is 0 Å². The number of ether oxygens (including phenoxy) is 1. The first-order chi connectivity index (χ1) is 10.9. The van der Waals surface area contributed by atoms with E-state index >= 15 is 0 Å². The van der Waals surface area contributed by atoms with Gasteiger partial charge in [0.15, 0.2) is 0 Å². The number of thiazole rings is 1. The van der Waals surface area contributed by atoms with Crippen molar-refractivity contribution >= 4 is 33.4 Å². The summed E-state index contributed by atoms with van der Waals surface area (Å²) in [6.45, 7) is 5.86. The zero-order valence-corrected chi connectivity index (χ0v) is 15.9. The van der Waals surface area contributed by atoms with Crippen LogP contribution >= 0.6 is 27.3 Å². The number of alkyl carbamates (subject to hydrolysis) is 1. The molecule has 0 radical (unpaired) electrons. The number of carbonyl (C=O) groups excluding carboxylic acids is 1. The number of nitrogens with zero attached hydrogens (tertiary/aromatic N) is 2. The molecule has 6 nitrogen and oxygen atoms in total. The number of aromatic nitrogens is 3. The molecule has 8 heteroatoms. The summed E-state index contributed by atoms with van der Waals surface area (Å²) >= 11 is 4.94. The summed E-state index contributed by atoms with van der Waals surface area (Å²) in [7, 11) is 0. The van der Waals surface area contributed by atoms with Crippen LogP contribution in [0.2, 0.25) is 0 Å². The number of alkyl halides is 1. The predicted molar refractivity (Wildman–Crippen MR) is 94.9 cm³/mol. The molecule has 2 heterocycles. The van der Waals surface area contributed by atoms with E-state index in [1.165, 1.54) is 11.3 Å². The maximum Gasteiger partial charge on any atom is 0.408 e. The highest BCUT2D eigenvalue weighted by atomic mass is 79.9. The van der Waals surface area contributed by atoms with Crippen LogP contribution in [0.3, 0.4) is 0 Å². The Bertz CT molecular complexity index is 648. The number of aromatic amines is 1. The lowest BCUT2D eigenvalue weighted by atomic mass is 10.1. The first kappa shape index (κ1) is 17.9. The number of amides is 1. The summed E-state index contributed by atoms with van der Waals surface area (Å²) in [5.74, 6) is 0. The second-order valence-corrected chi connectivity index (χ2v) is 7.77. The second kappa shape index (κ2) is 7.92. The van der Waals surface area contributed by atoms with Crippen LogP contribution in [0.15, 0.2) is 11.6 Å². The minimum Gasteiger partial charge on any atom is -0.444 e. The molecule has 0 saturated carbocycles. The molecule has 0 aromatic carbocycles. The summed E-state index contributed by atoms with van der Waals surface area (Å²) in [6, 6.07) is 0. The van der Waals surface area contributed by atoms with Gasteiger partial charge in [0.2, 0.25) is 0 Å². The minimum absolute atomic E-state index is 0.355. The highest BCUT2D eigenvalue weighted by Gasteiger charge is 2.16. The van der Waals surface area contributed by atoms with Crippen LogP contribution in [0.4, 0.5) is 4.79 Å². The fourth-order valence-electron chi connectivity index (χ4n) is 1.95. The lowest BCUT2D eigenvalue weighted by molar-refractivity contribution is 0.0523. The van der Waals surface area contributed by atoms with Crippen molar-refractivity contribution in [1.82, 2.24) is 20.5 Å². The molecule has 0 spiro atoms. The molecule has 23 heavy (non-hydrogen) atoms. The molecule has 0 unspecified atom stereocenters. The maximum absolute atomic E-state index is 11.7. The van der Waals surface area contributed by atoms with Gasteiger partial charge in [-0.3, -0.25) is 5.10 Å². The Morgan fingerprint density at radius 2 is 2.26 bits per heavy atom. The Morgan fingerprint density at radius 1 is 1.48 bits per heavy atom. The van der Waals surface area contributed by atoms with Crippen LogP contribution in [0.5, 0.6) is 0 Å². The molecule has 0 aliphatic heterocycles. The minimum atomic E-state index is -0.501. The first-order valence-corrected chi connectivity index (χ1v) is 9.39. The monoisotopic (exact) mass is 400 g/mol. The Morgan fingerprint density at radius 3 is 2.96 bits per heavy atom. The summed E-state index contributed by atoms with van der Waals surface area (Å²) < 4.78 is 5.21. The highest BCUT2D eigenvalue weighted by Crippen LogP contribution is 2.25. The van der Waals surface area contributed by atoms with Gasteiger partial charge in [-0.15, -0.1) is 11.3 Å². The number of nitrogens with one attached hydrogen (secondary N) is 2. The van der Waals surface area contributed by atoms with Crippen molar-refractivity contribution in [2.45, 2.75) is 45.8 Å². The van der Waals surface area contributed by atoms with E-state index in [-0.39, 0.29) is 0 Å². The van der Waals surface area contributed by atoms with E-state index in [1.54, 1.807) is 6.20 Å². The summed E-state index contributed by atoms with van der Waals surface area (Å²) in [5.41, 5.74) is 2.49. The van der Waals surface area contributed by atoms with Crippen LogP contribution in [-0.4, -0.2) is 32.2 Å². The van der Waals surface area contributed by atoms with Gasteiger partial charge in [0, 0.05) is 22.0 Å². The summed E-state index contributed by atoms with van der Waals surface area (Å²) in [4.78, 5) is 16.2. The molecular weight excluding hydrogens is 380 g/mol. The number of hydrogen-bond acceptors (Lipinski definition) is 5. The number of hydrogen-bond donors (Lipinski definition) is 2. The Balaban J connectivity index is 1.96. The first-order valence-electron chi connectivity index (χ1n) is 7.39. The lowest BCUT2D eigenvalue weighted by Crippen LogP contribution is -2.32. The molecule has 2 aromatic rings. The van der Waals surface area contributed by atoms with Gasteiger partial charge in [-0.25, -0.2) is 9.78 Å². The van der Waals surface area contributed by atoms with Crippen LogP contribution in [0.25, 0.3) is 11.3 Å². The lowest BCUT2D eigenvalue weighted by Gasteiger charge is -2.19. The van der Waals surface area contributed by atoms with Crippen molar-refractivity contribution in [3.05, 3.63) is 22.3 Å². The van der Waals surface area contributed by atoms with Gasteiger partial charge in [-0.05, 0) is 33.6 Å². The van der Waals surface area contributed by atoms with E-state index < -0.39 is 11.7 Å². The van der Waals surface area contributed by atoms with E-state index in [0.717, 1.165) is 40.1 Å². The van der Waals surface area contributed by atoms with Gasteiger partial charge in [0.05, 0.1) is 18.4 Å². The number of rotatable bonds is 6. The van der Waals surface area contributed by atoms with E-state index in [1.807, 2.05) is 26.2 Å². The largest absolute Gasteiger partial charge is 0.444 e. The third kappa shape index (κ3) is 5.62. The zero-order valence-electron chi connectivity index (χ0n) is 13.5. The average molecular weight is 401 g/mol. The second-order valence-electron chi connectivity index (χ2n) is 6.04. The molecule has 1 amide bonds. The smallest absolute Gasteiger partial charge is 0.408 e.